The van der Waals surface area contributed by atoms with Crippen LogP contribution in [-0.2, 0) is 10.0 Å². The third-order valence-electron chi connectivity index (χ3n) is 2.42. The molecular formula is C12H19NO3S. The van der Waals surface area contributed by atoms with E-state index in [-0.39, 0.29) is 6.10 Å². The Morgan fingerprint density at radius 2 is 2.00 bits per heavy atom. The van der Waals surface area contributed by atoms with Crippen molar-refractivity contribution in [3.05, 3.63) is 29.8 Å². The first-order valence-corrected chi connectivity index (χ1v) is 7.48. The fourth-order valence-electron chi connectivity index (χ4n) is 1.38. The van der Waals surface area contributed by atoms with Crippen molar-refractivity contribution in [2.75, 3.05) is 12.8 Å². The van der Waals surface area contributed by atoms with E-state index in [9.17, 15) is 8.42 Å². The summed E-state index contributed by atoms with van der Waals surface area (Å²) in [6, 6.07) is 7.70. The van der Waals surface area contributed by atoms with E-state index in [1.54, 1.807) is 0 Å². The third-order valence-corrected chi connectivity index (χ3v) is 3.11. The largest absolute Gasteiger partial charge is 0.489 e. The fourth-order valence-corrected chi connectivity index (χ4v) is 1.87. The van der Waals surface area contributed by atoms with Crippen molar-refractivity contribution in [3.8, 4) is 5.75 Å². The van der Waals surface area contributed by atoms with E-state index < -0.39 is 10.0 Å². The van der Waals surface area contributed by atoms with E-state index in [2.05, 4.69) is 4.72 Å². The lowest BCUT2D eigenvalue weighted by Gasteiger charge is -2.18. The molecule has 0 saturated heterocycles. The molecule has 0 aliphatic heterocycles. The van der Waals surface area contributed by atoms with Gasteiger partial charge in [-0.25, -0.2) is 13.1 Å². The van der Waals surface area contributed by atoms with Gasteiger partial charge in [-0.3, -0.25) is 0 Å². The maximum Gasteiger partial charge on any atom is 0.208 e. The Hall–Kier alpha value is -1.07. The second-order valence-corrected chi connectivity index (χ2v) is 5.87. The van der Waals surface area contributed by atoms with Crippen molar-refractivity contribution in [2.24, 2.45) is 0 Å². The average molecular weight is 257 g/mol. The summed E-state index contributed by atoms with van der Waals surface area (Å²) < 4.78 is 30.2. The Kier molecular flexibility index (Phi) is 4.96. The monoisotopic (exact) mass is 257 g/mol. The van der Waals surface area contributed by atoms with Crippen LogP contribution in [0.2, 0.25) is 0 Å². The number of ether oxygens (including phenoxy) is 1. The molecule has 0 spiro atoms. The zero-order valence-corrected chi connectivity index (χ0v) is 11.3. The van der Waals surface area contributed by atoms with E-state index in [0.717, 1.165) is 24.0 Å². The standard InChI is InChI=1S/C12H19NO3S/c1-4-11(9-13-17(3,14)15)16-12-8-6-5-7-10(12)2/h5-8,11,13H,4,9H2,1-3H3/t11-/m1/s1. The normalized spacial score (nSPS) is 13.4. The van der Waals surface area contributed by atoms with Crippen molar-refractivity contribution in [1.29, 1.82) is 0 Å². The van der Waals surface area contributed by atoms with Crippen LogP contribution in [-0.4, -0.2) is 27.3 Å². The summed E-state index contributed by atoms with van der Waals surface area (Å²) in [4.78, 5) is 0. The van der Waals surface area contributed by atoms with Gasteiger partial charge < -0.3 is 4.74 Å². The summed E-state index contributed by atoms with van der Waals surface area (Å²) in [5.41, 5.74) is 1.05. The highest BCUT2D eigenvalue weighted by atomic mass is 32.2. The zero-order chi connectivity index (χ0) is 12.9. The zero-order valence-electron chi connectivity index (χ0n) is 10.4. The summed E-state index contributed by atoms with van der Waals surface area (Å²) in [5.74, 6) is 0.801. The van der Waals surface area contributed by atoms with Gasteiger partial charge in [-0.05, 0) is 25.0 Å². The molecule has 0 bridgehead atoms. The third kappa shape index (κ3) is 5.19. The van der Waals surface area contributed by atoms with E-state index >= 15 is 0 Å². The van der Waals surface area contributed by atoms with Gasteiger partial charge in [0.25, 0.3) is 0 Å². The predicted octanol–water partition coefficient (Wildman–Crippen LogP) is 1.70. The van der Waals surface area contributed by atoms with E-state index in [1.165, 1.54) is 0 Å². The molecule has 17 heavy (non-hydrogen) atoms. The maximum atomic E-state index is 11.0. The van der Waals surface area contributed by atoms with Gasteiger partial charge in [0, 0.05) is 6.54 Å². The van der Waals surface area contributed by atoms with E-state index in [1.807, 2.05) is 38.1 Å². The Bertz CT molecular complexity index is 457. The molecule has 1 N–H and O–H groups in total. The minimum Gasteiger partial charge on any atom is -0.489 e. The first kappa shape index (κ1) is 14.0. The first-order chi connectivity index (χ1) is 7.92. The first-order valence-electron chi connectivity index (χ1n) is 5.59. The highest BCUT2D eigenvalue weighted by molar-refractivity contribution is 7.88. The summed E-state index contributed by atoms with van der Waals surface area (Å²) in [6.45, 7) is 4.22. The number of aryl methyl sites for hydroxylation is 1. The van der Waals surface area contributed by atoms with Crippen molar-refractivity contribution in [1.82, 2.24) is 4.72 Å². The lowest BCUT2D eigenvalue weighted by molar-refractivity contribution is 0.199. The minimum absolute atomic E-state index is 0.147. The van der Waals surface area contributed by atoms with Gasteiger partial charge in [-0.15, -0.1) is 0 Å². The Labute approximate surface area is 103 Å². The van der Waals surface area contributed by atoms with Crippen LogP contribution >= 0.6 is 0 Å². The van der Waals surface area contributed by atoms with Crippen molar-refractivity contribution in [2.45, 2.75) is 26.4 Å². The fraction of sp³-hybridized carbons (Fsp3) is 0.500. The molecule has 0 radical (unpaired) electrons. The minimum atomic E-state index is -3.16. The quantitative estimate of drug-likeness (QED) is 0.844. The molecule has 0 saturated carbocycles. The van der Waals surface area contributed by atoms with Crippen molar-refractivity contribution in [3.63, 3.8) is 0 Å². The molecule has 4 nitrogen and oxygen atoms in total. The summed E-state index contributed by atoms with van der Waals surface area (Å²) in [5, 5.41) is 0. The maximum absolute atomic E-state index is 11.0. The van der Waals surface area contributed by atoms with Crippen LogP contribution in [0.3, 0.4) is 0 Å². The summed E-state index contributed by atoms with van der Waals surface area (Å²) in [7, 11) is -3.16. The molecule has 1 atom stereocenters. The van der Waals surface area contributed by atoms with Crippen LogP contribution in [0.25, 0.3) is 0 Å². The van der Waals surface area contributed by atoms with Gasteiger partial charge in [0.15, 0.2) is 0 Å². The lowest BCUT2D eigenvalue weighted by atomic mass is 10.2. The van der Waals surface area contributed by atoms with Gasteiger partial charge >= 0.3 is 0 Å². The molecule has 96 valence electrons. The molecule has 0 aromatic heterocycles. The van der Waals surface area contributed by atoms with Gasteiger partial charge in [-0.1, -0.05) is 25.1 Å². The highest BCUT2D eigenvalue weighted by Gasteiger charge is 2.11. The summed E-state index contributed by atoms with van der Waals surface area (Å²) >= 11 is 0. The molecule has 1 aromatic rings. The van der Waals surface area contributed by atoms with E-state index in [0.29, 0.717) is 6.54 Å². The topological polar surface area (TPSA) is 55.4 Å². The Balaban J connectivity index is 2.61. The summed E-state index contributed by atoms with van der Waals surface area (Å²) in [6.07, 6.45) is 1.75. The predicted molar refractivity (Wildman–Crippen MR) is 68.7 cm³/mol. The smallest absolute Gasteiger partial charge is 0.208 e. The average Bonchev–Trinajstić information content (AvgIpc) is 2.25. The number of sulfonamides is 1. The van der Waals surface area contributed by atoms with E-state index in [4.69, 9.17) is 4.74 Å². The van der Waals surface area contributed by atoms with Gasteiger partial charge in [-0.2, -0.15) is 0 Å². The van der Waals surface area contributed by atoms with Crippen LogP contribution in [0.15, 0.2) is 24.3 Å². The van der Waals surface area contributed by atoms with Crippen molar-refractivity contribution < 1.29 is 13.2 Å². The number of benzene rings is 1. The van der Waals surface area contributed by atoms with Crippen LogP contribution < -0.4 is 9.46 Å². The molecule has 1 rings (SSSR count). The number of nitrogens with one attached hydrogen (secondary N) is 1. The van der Waals surface area contributed by atoms with Crippen LogP contribution in [0, 0.1) is 6.92 Å². The number of rotatable bonds is 6. The molecule has 0 aliphatic rings. The number of hydrogen-bond acceptors (Lipinski definition) is 3. The molecular weight excluding hydrogens is 238 g/mol. The Morgan fingerprint density at radius 1 is 1.35 bits per heavy atom. The lowest BCUT2D eigenvalue weighted by Crippen LogP contribution is -2.34. The molecule has 5 heteroatoms. The molecule has 0 amide bonds. The SMILES string of the molecule is CC[C@H](CNS(C)(=O)=O)Oc1ccccc1C. The second kappa shape index (κ2) is 6.02. The number of para-hydroxylation sites is 1. The van der Waals surface area contributed by atoms with Crippen molar-refractivity contribution >= 4 is 10.0 Å². The van der Waals surface area contributed by atoms with Crippen LogP contribution in [0.1, 0.15) is 18.9 Å². The molecule has 1 aromatic carbocycles. The number of hydrogen-bond donors (Lipinski definition) is 1. The molecule has 0 fully saturated rings. The second-order valence-electron chi connectivity index (χ2n) is 4.03. The molecule has 0 unspecified atom stereocenters. The van der Waals surface area contributed by atoms with Crippen LogP contribution in [0.4, 0.5) is 0 Å². The highest BCUT2D eigenvalue weighted by Crippen LogP contribution is 2.18. The van der Waals surface area contributed by atoms with Crippen LogP contribution in [0.5, 0.6) is 5.75 Å². The van der Waals surface area contributed by atoms with Gasteiger partial charge in [0.05, 0.1) is 6.26 Å². The Morgan fingerprint density at radius 3 is 2.53 bits per heavy atom. The molecule has 0 heterocycles. The van der Waals surface area contributed by atoms with Gasteiger partial charge in [0.2, 0.25) is 10.0 Å². The molecule has 0 aliphatic carbocycles. The van der Waals surface area contributed by atoms with Gasteiger partial charge in [0.1, 0.15) is 11.9 Å².